The first-order valence-corrected chi connectivity index (χ1v) is 20.1. The van der Waals surface area contributed by atoms with Gasteiger partial charge >= 0.3 is 0 Å². The van der Waals surface area contributed by atoms with Crippen LogP contribution >= 0.6 is 24.4 Å². The Hall–Kier alpha value is -6.02. The van der Waals surface area contributed by atoms with Crippen molar-refractivity contribution in [2.45, 2.75) is 63.8 Å². The normalized spacial score (nSPS) is 16.7. The Bertz CT molecular complexity index is 2060. The molecule has 0 spiro atoms. The van der Waals surface area contributed by atoms with Crippen LogP contribution in [0.2, 0.25) is 0 Å². The van der Waals surface area contributed by atoms with Gasteiger partial charge in [-0.1, -0.05) is 30.9 Å². The van der Waals surface area contributed by atoms with Gasteiger partial charge in [0.2, 0.25) is 11.8 Å². The Morgan fingerprint density at radius 3 is 1.54 bits per heavy atom. The number of hydroxylamine groups is 2. The lowest BCUT2D eigenvalue weighted by atomic mass is 10.1. The Morgan fingerprint density at radius 2 is 1.10 bits per heavy atom. The highest BCUT2D eigenvalue weighted by Gasteiger charge is 2.24. The number of hydrogen-bond donors (Lipinski definition) is 11. The minimum atomic E-state index is -1.21. The zero-order chi connectivity index (χ0) is 45.1. The van der Waals surface area contributed by atoms with Crippen molar-refractivity contribution in [1.82, 2.24) is 51.5 Å². The SMILES string of the molecule is NCCCC[C@H]1CNC(=O)c2ccc(c(=O)n2O)C(=O)NCCCN(C(=O)CC(=S)NO)CCCCN(C(=O)CC(=S)NO)CCCNC(=O)c2ccc(n(O)c2=O)C(=O)N1. The summed E-state index contributed by atoms with van der Waals surface area (Å²) in [5.74, 6) is -4.52. The van der Waals surface area contributed by atoms with Gasteiger partial charge in [-0.2, -0.15) is 0 Å². The lowest BCUT2D eigenvalue weighted by Gasteiger charge is -2.25. The summed E-state index contributed by atoms with van der Waals surface area (Å²) < 4.78 is 0.00430. The fraction of sp³-hybridized carbons (Fsp3) is 0.500. The molecule has 2 aromatic rings. The molecule has 0 saturated carbocycles. The van der Waals surface area contributed by atoms with Crippen molar-refractivity contribution < 1.29 is 49.6 Å². The Balaban J connectivity index is 1.92. The number of nitrogens with two attached hydrogens (primary N) is 1. The van der Waals surface area contributed by atoms with Gasteiger partial charge in [-0.15, -0.1) is 9.46 Å². The molecule has 61 heavy (non-hydrogen) atoms. The van der Waals surface area contributed by atoms with Crippen LogP contribution in [0.1, 0.15) is 99.5 Å². The largest absolute Gasteiger partial charge is 0.425 e. The van der Waals surface area contributed by atoms with E-state index in [0.29, 0.717) is 32.2 Å². The first kappa shape index (κ1) is 49.3. The van der Waals surface area contributed by atoms with Crippen molar-refractivity contribution in [2.75, 3.05) is 52.4 Å². The molecular formula is C36H51N11O12S2. The topological polar surface area (TPSA) is 332 Å². The highest BCUT2D eigenvalue weighted by Crippen LogP contribution is 2.08. The smallest absolute Gasteiger partial charge is 0.296 e. The zero-order valence-electron chi connectivity index (χ0n) is 33.1. The molecular weight excluding hydrogens is 843 g/mol. The van der Waals surface area contributed by atoms with E-state index >= 15 is 0 Å². The summed E-state index contributed by atoms with van der Waals surface area (Å²) in [4.78, 5) is 107. The summed E-state index contributed by atoms with van der Waals surface area (Å²) in [6, 6.07) is 3.37. The molecule has 2 aromatic heterocycles. The minimum absolute atomic E-state index is 0.00158. The monoisotopic (exact) mass is 893 g/mol. The van der Waals surface area contributed by atoms with Gasteiger partial charge in [0.25, 0.3) is 34.7 Å². The van der Waals surface area contributed by atoms with Crippen molar-refractivity contribution in [1.29, 1.82) is 0 Å². The highest BCUT2D eigenvalue weighted by atomic mass is 32.1. The van der Waals surface area contributed by atoms with E-state index in [4.69, 9.17) is 40.6 Å². The summed E-state index contributed by atoms with van der Waals surface area (Å²) in [5, 5.41) is 49.7. The van der Waals surface area contributed by atoms with Crippen molar-refractivity contribution in [2.24, 2.45) is 5.73 Å². The standard InChI is InChI=1S/C36H51N11O12S2/c37-12-2-1-7-22-21-40-33(52)25-10-8-23(35(54)46(25)58)31(50)38-13-5-17-44(29(48)19-27(60)42-56)15-3-4-16-45(30(49)20-28(61)43-57)18-6-14-39-32(51)24-9-11-26(34(53)41-22)47(59)36(24)55/h8-11,22,56-59H,1-7,12-21,37H2,(H,38,50)(H,39,51)(H,40,52)(H,41,53)(H,42,60)(H,43,61)/t22-/m0/s1. The number of rotatable bonds is 8. The molecule has 6 amide bonds. The number of nitrogens with zero attached hydrogens (tertiary/aromatic N) is 4. The number of amides is 6. The molecule has 0 unspecified atom stereocenters. The van der Waals surface area contributed by atoms with E-state index in [1.807, 2.05) is 0 Å². The van der Waals surface area contributed by atoms with Crippen LogP contribution in [0.4, 0.5) is 0 Å². The lowest BCUT2D eigenvalue weighted by Crippen LogP contribution is -2.46. The number of nitrogens with one attached hydrogen (secondary N) is 6. The van der Waals surface area contributed by atoms with E-state index in [9.17, 15) is 48.8 Å². The number of carbonyl (C=O) groups excluding carboxylic acids is 6. The van der Waals surface area contributed by atoms with Crippen LogP contribution in [-0.4, -0.2) is 144 Å². The number of thiocarbonyl (C=S) groups is 2. The molecule has 4 bridgehead atoms. The third-order valence-electron chi connectivity index (χ3n) is 9.39. The van der Waals surface area contributed by atoms with Crippen LogP contribution < -0.4 is 49.1 Å². The lowest BCUT2D eigenvalue weighted by molar-refractivity contribution is -0.131. The quantitative estimate of drug-likeness (QED) is 0.0604. The Kier molecular flexibility index (Phi) is 20.2. The summed E-state index contributed by atoms with van der Waals surface area (Å²) in [6.07, 6.45) is 1.78. The number of carbonyl (C=O) groups is 6. The number of unbranched alkanes of at least 4 members (excludes halogenated alkanes) is 1. The van der Waals surface area contributed by atoms with Gasteiger partial charge in [-0.3, -0.25) is 59.7 Å². The van der Waals surface area contributed by atoms with Crippen molar-refractivity contribution in [3.05, 3.63) is 67.5 Å². The molecule has 0 aromatic carbocycles. The molecule has 5 rings (SSSR count). The van der Waals surface area contributed by atoms with E-state index in [0.717, 1.165) is 24.3 Å². The maximum Gasteiger partial charge on any atom is 0.296 e. The van der Waals surface area contributed by atoms with Gasteiger partial charge in [0.05, 0.1) is 12.8 Å². The van der Waals surface area contributed by atoms with Crippen molar-refractivity contribution >= 4 is 69.9 Å². The van der Waals surface area contributed by atoms with Crippen LogP contribution in [0, 0.1) is 0 Å². The number of fused-ring (bicyclic) bond motifs is 2. The Labute approximate surface area is 359 Å². The average molecular weight is 894 g/mol. The second-order valence-corrected chi connectivity index (χ2v) is 14.8. The predicted octanol–water partition coefficient (Wildman–Crippen LogP) is -1.77. The minimum Gasteiger partial charge on any atom is -0.425 e. The first-order chi connectivity index (χ1) is 29.1. The van der Waals surface area contributed by atoms with E-state index in [-0.39, 0.29) is 97.4 Å². The molecule has 0 fully saturated rings. The zero-order valence-corrected chi connectivity index (χ0v) is 34.8. The van der Waals surface area contributed by atoms with Gasteiger partial charge in [-0.25, -0.2) is 0 Å². The second kappa shape index (κ2) is 24.9. The number of aromatic nitrogens is 2. The van der Waals surface area contributed by atoms with E-state index in [2.05, 4.69) is 21.3 Å². The van der Waals surface area contributed by atoms with Crippen LogP contribution in [0.15, 0.2) is 33.9 Å². The summed E-state index contributed by atoms with van der Waals surface area (Å²) >= 11 is 9.87. The van der Waals surface area contributed by atoms with Crippen LogP contribution in [0.5, 0.6) is 0 Å². The molecule has 0 saturated heterocycles. The molecule has 25 heteroatoms. The number of pyridine rings is 2. The molecule has 3 aliphatic rings. The van der Waals surface area contributed by atoms with Crippen molar-refractivity contribution in [3.63, 3.8) is 0 Å². The van der Waals surface area contributed by atoms with Crippen LogP contribution in [0.25, 0.3) is 0 Å². The third kappa shape index (κ3) is 14.9. The van der Waals surface area contributed by atoms with Gasteiger partial charge in [-0.05, 0) is 69.3 Å². The molecule has 5 heterocycles. The van der Waals surface area contributed by atoms with E-state index in [1.54, 1.807) is 11.0 Å². The predicted molar refractivity (Wildman–Crippen MR) is 223 cm³/mol. The molecule has 334 valence electrons. The maximum atomic E-state index is 13.3. The summed E-state index contributed by atoms with van der Waals surface area (Å²) in [6.45, 7) is 0.576. The van der Waals surface area contributed by atoms with E-state index in [1.165, 1.54) is 9.80 Å². The number of hydrogen-bond acceptors (Lipinski definition) is 15. The molecule has 12 N–H and O–H groups in total. The molecule has 3 aliphatic heterocycles. The average Bonchev–Trinajstić information content (AvgIpc) is 3.23. The summed E-state index contributed by atoms with van der Waals surface area (Å²) in [7, 11) is 0. The highest BCUT2D eigenvalue weighted by molar-refractivity contribution is 7.80. The fourth-order valence-corrected chi connectivity index (χ4v) is 6.36. The molecule has 23 nitrogen and oxygen atoms in total. The van der Waals surface area contributed by atoms with Crippen LogP contribution in [0.3, 0.4) is 0 Å². The first-order valence-electron chi connectivity index (χ1n) is 19.3. The van der Waals surface area contributed by atoms with Gasteiger partial charge in [0, 0.05) is 51.9 Å². The Morgan fingerprint density at radius 1 is 0.656 bits per heavy atom. The maximum absolute atomic E-state index is 13.3. The van der Waals surface area contributed by atoms with Gasteiger partial charge < -0.3 is 47.2 Å². The molecule has 1 atom stereocenters. The fourth-order valence-electron chi connectivity index (χ4n) is 6.11. The van der Waals surface area contributed by atoms with Crippen molar-refractivity contribution in [3.8, 4) is 0 Å². The van der Waals surface area contributed by atoms with Gasteiger partial charge in [0.1, 0.15) is 32.5 Å². The molecule has 0 radical (unpaired) electrons. The van der Waals surface area contributed by atoms with E-state index < -0.39 is 75.1 Å². The van der Waals surface area contributed by atoms with Gasteiger partial charge in [0.15, 0.2) is 0 Å². The second-order valence-electron chi connectivity index (χ2n) is 13.8. The summed E-state index contributed by atoms with van der Waals surface area (Å²) in [5.41, 5.74) is 4.66. The third-order valence-corrected chi connectivity index (χ3v) is 9.86. The van der Waals surface area contributed by atoms with Crippen LogP contribution in [-0.2, 0) is 9.59 Å². The molecule has 0 aliphatic carbocycles.